The Morgan fingerprint density at radius 2 is 1.88 bits per heavy atom. The van der Waals surface area contributed by atoms with Crippen LogP contribution >= 0.6 is 0 Å². The van der Waals surface area contributed by atoms with Crippen LogP contribution < -0.4 is 5.73 Å². The summed E-state index contributed by atoms with van der Waals surface area (Å²) < 4.78 is 4.92. The minimum absolute atomic E-state index is 0.0623. The van der Waals surface area contributed by atoms with Crippen LogP contribution in [0.15, 0.2) is 24.3 Å². The van der Waals surface area contributed by atoms with E-state index in [-0.39, 0.29) is 11.4 Å². The van der Waals surface area contributed by atoms with Crippen molar-refractivity contribution in [3.05, 3.63) is 35.4 Å². The minimum Gasteiger partial charge on any atom is -0.462 e. The normalized spacial score (nSPS) is 11.2. The maximum absolute atomic E-state index is 11.4. The van der Waals surface area contributed by atoms with Crippen molar-refractivity contribution in [2.24, 2.45) is 5.73 Å². The van der Waals surface area contributed by atoms with Crippen molar-refractivity contribution in [3.8, 4) is 0 Å². The van der Waals surface area contributed by atoms with Gasteiger partial charge in [-0.05, 0) is 24.6 Å². The summed E-state index contributed by atoms with van der Waals surface area (Å²) in [6.07, 6.45) is 0. The number of nitrogens with two attached hydrogens (primary N) is 1. The lowest BCUT2D eigenvalue weighted by molar-refractivity contribution is 0.0526. The fraction of sp³-hybridized carbons (Fsp3) is 0.462. The third kappa shape index (κ3) is 2.83. The molecule has 0 spiro atoms. The summed E-state index contributed by atoms with van der Waals surface area (Å²) in [6, 6.07) is 7.42. The van der Waals surface area contributed by atoms with Gasteiger partial charge < -0.3 is 10.5 Å². The fourth-order valence-electron chi connectivity index (χ4n) is 1.39. The van der Waals surface area contributed by atoms with Gasteiger partial charge >= 0.3 is 5.97 Å². The molecule has 0 fully saturated rings. The Hall–Kier alpha value is -1.35. The molecule has 0 aliphatic heterocycles. The van der Waals surface area contributed by atoms with Gasteiger partial charge in [0.2, 0.25) is 0 Å². The fourth-order valence-corrected chi connectivity index (χ4v) is 1.39. The first-order valence-electron chi connectivity index (χ1n) is 5.49. The zero-order valence-corrected chi connectivity index (χ0v) is 10.1. The molecule has 2 N–H and O–H groups in total. The Bertz CT molecular complexity index is 355. The van der Waals surface area contributed by atoms with E-state index in [2.05, 4.69) is 13.8 Å². The van der Waals surface area contributed by atoms with Crippen LogP contribution in [-0.2, 0) is 10.2 Å². The Kier molecular flexibility index (Phi) is 4.07. The van der Waals surface area contributed by atoms with Gasteiger partial charge in [0, 0.05) is 12.0 Å². The maximum atomic E-state index is 11.4. The standard InChI is InChI=1S/C13H19NO2/c1-4-16-12(15)10-5-7-11(8-6-10)13(2,3)9-14/h5-8H,4,9,14H2,1-3H3. The number of ether oxygens (including phenoxy) is 1. The third-order valence-corrected chi connectivity index (χ3v) is 2.69. The number of hydrogen-bond donors (Lipinski definition) is 1. The molecule has 0 bridgehead atoms. The molecule has 3 heteroatoms. The smallest absolute Gasteiger partial charge is 0.338 e. The quantitative estimate of drug-likeness (QED) is 0.792. The highest BCUT2D eigenvalue weighted by molar-refractivity contribution is 5.89. The van der Waals surface area contributed by atoms with E-state index in [0.717, 1.165) is 5.56 Å². The second-order valence-electron chi connectivity index (χ2n) is 4.39. The lowest BCUT2D eigenvalue weighted by Crippen LogP contribution is -2.28. The van der Waals surface area contributed by atoms with Crippen LogP contribution in [0.4, 0.5) is 0 Å². The first-order valence-corrected chi connectivity index (χ1v) is 5.49. The molecule has 88 valence electrons. The highest BCUT2D eigenvalue weighted by atomic mass is 16.5. The molecule has 0 aliphatic rings. The van der Waals surface area contributed by atoms with Gasteiger partial charge in [0.15, 0.2) is 0 Å². The second-order valence-corrected chi connectivity index (χ2v) is 4.39. The molecule has 0 saturated heterocycles. The van der Waals surface area contributed by atoms with Crippen LogP contribution in [0, 0.1) is 0 Å². The Morgan fingerprint density at radius 1 is 1.31 bits per heavy atom. The molecule has 0 radical (unpaired) electrons. The van der Waals surface area contributed by atoms with Gasteiger partial charge in [0.25, 0.3) is 0 Å². The summed E-state index contributed by atoms with van der Waals surface area (Å²) in [5, 5.41) is 0. The van der Waals surface area contributed by atoms with Crippen LogP contribution in [0.5, 0.6) is 0 Å². The summed E-state index contributed by atoms with van der Waals surface area (Å²) in [4.78, 5) is 11.4. The molecule has 0 heterocycles. The monoisotopic (exact) mass is 221 g/mol. The zero-order valence-electron chi connectivity index (χ0n) is 10.1. The predicted octanol–water partition coefficient (Wildman–Crippen LogP) is 2.10. The molecular formula is C13H19NO2. The van der Waals surface area contributed by atoms with Crippen molar-refractivity contribution < 1.29 is 9.53 Å². The van der Waals surface area contributed by atoms with Gasteiger partial charge in [-0.3, -0.25) is 0 Å². The van der Waals surface area contributed by atoms with Crippen molar-refractivity contribution in [2.45, 2.75) is 26.2 Å². The number of carbonyl (C=O) groups is 1. The number of benzene rings is 1. The average molecular weight is 221 g/mol. The van der Waals surface area contributed by atoms with E-state index in [1.807, 2.05) is 12.1 Å². The van der Waals surface area contributed by atoms with Crippen molar-refractivity contribution in [1.82, 2.24) is 0 Å². The van der Waals surface area contributed by atoms with Crippen LogP contribution in [0.2, 0.25) is 0 Å². The zero-order chi connectivity index (χ0) is 12.2. The third-order valence-electron chi connectivity index (χ3n) is 2.69. The summed E-state index contributed by atoms with van der Waals surface area (Å²) in [5.74, 6) is -0.278. The van der Waals surface area contributed by atoms with Crippen LogP contribution in [0.1, 0.15) is 36.7 Å². The Morgan fingerprint density at radius 3 is 2.31 bits per heavy atom. The van der Waals surface area contributed by atoms with E-state index in [1.165, 1.54) is 0 Å². The molecule has 16 heavy (non-hydrogen) atoms. The molecule has 0 saturated carbocycles. The Labute approximate surface area is 96.6 Å². The van der Waals surface area contributed by atoms with Crippen molar-refractivity contribution in [1.29, 1.82) is 0 Å². The van der Waals surface area contributed by atoms with Crippen LogP contribution in [0.25, 0.3) is 0 Å². The SMILES string of the molecule is CCOC(=O)c1ccc(C(C)(C)CN)cc1. The van der Waals surface area contributed by atoms with E-state index in [4.69, 9.17) is 10.5 Å². The molecule has 0 aromatic heterocycles. The Balaban J connectivity index is 2.87. The lowest BCUT2D eigenvalue weighted by Gasteiger charge is -2.23. The highest BCUT2D eigenvalue weighted by Crippen LogP contribution is 2.22. The van der Waals surface area contributed by atoms with Crippen molar-refractivity contribution in [3.63, 3.8) is 0 Å². The summed E-state index contributed by atoms with van der Waals surface area (Å²) in [5.41, 5.74) is 7.34. The molecular weight excluding hydrogens is 202 g/mol. The summed E-state index contributed by atoms with van der Waals surface area (Å²) in [6.45, 7) is 6.92. The number of carbonyl (C=O) groups excluding carboxylic acids is 1. The van der Waals surface area contributed by atoms with Crippen LogP contribution in [-0.4, -0.2) is 19.1 Å². The van der Waals surface area contributed by atoms with E-state index in [0.29, 0.717) is 18.7 Å². The molecule has 0 aliphatic carbocycles. The molecule has 1 aromatic carbocycles. The number of esters is 1. The lowest BCUT2D eigenvalue weighted by atomic mass is 9.84. The predicted molar refractivity (Wildman–Crippen MR) is 64.5 cm³/mol. The summed E-state index contributed by atoms with van der Waals surface area (Å²) >= 11 is 0. The first-order chi connectivity index (χ1) is 7.51. The maximum Gasteiger partial charge on any atom is 0.338 e. The second kappa shape index (κ2) is 5.12. The van der Waals surface area contributed by atoms with Gasteiger partial charge in [0.1, 0.15) is 0 Å². The first kappa shape index (κ1) is 12.7. The van der Waals surface area contributed by atoms with Gasteiger partial charge in [-0.15, -0.1) is 0 Å². The molecule has 0 atom stereocenters. The molecule has 1 aromatic rings. The van der Waals surface area contributed by atoms with Gasteiger partial charge in [0.05, 0.1) is 12.2 Å². The van der Waals surface area contributed by atoms with Gasteiger partial charge in [-0.1, -0.05) is 26.0 Å². The number of hydrogen-bond acceptors (Lipinski definition) is 3. The van der Waals surface area contributed by atoms with Gasteiger partial charge in [-0.2, -0.15) is 0 Å². The topological polar surface area (TPSA) is 52.3 Å². The van der Waals surface area contributed by atoms with Crippen molar-refractivity contribution in [2.75, 3.05) is 13.2 Å². The average Bonchev–Trinajstić information content (AvgIpc) is 2.29. The molecule has 1 rings (SSSR count). The highest BCUT2D eigenvalue weighted by Gasteiger charge is 2.18. The van der Waals surface area contributed by atoms with Crippen molar-refractivity contribution >= 4 is 5.97 Å². The molecule has 0 unspecified atom stereocenters. The minimum atomic E-state index is -0.278. The molecule has 3 nitrogen and oxygen atoms in total. The van der Waals surface area contributed by atoms with E-state index >= 15 is 0 Å². The van der Waals surface area contributed by atoms with Gasteiger partial charge in [-0.25, -0.2) is 4.79 Å². The van der Waals surface area contributed by atoms with Crippen LogP contribution in [0.3, 0.4) is 0 Å². The summed E-state index contributed by atoms with van der Waals surface area (Å²) in [7, 11) is 0. The largest absolute Gasteiger partial charge is 0.462 e. The van der Waals surface area contributed by atoms with E-state index < -0.39 is 0 Å². The van der Waals surface area contributed by atoms with E-state index in [1.54, 1.807) is 19.1 Å². The van der Waals surface area contributed by atoms with E-state index in [9.17, 15) is 4.79 Å². The molecule has 0 amide bonds. The number of rotatable bonds is 4.